The molecule has 0 atom stereocenters. The topological polar surface area (TPSA) is 60.8 Å². The number of aliphatic hydroxyl groups is 1. The quantitative estimate of drug-likeness (QED) is 0.904. The largest absolute Gasteiger partial charge is 0.478 e. The van der Waals surface area contributed by atoms with Gasteiger partial charge in [0.05, 0.1) is 12.2 Å². The zero-order valence-electron chi connectivity index (χ0n) is 11.6. The van der Waals surface area contributed by atoms with Gasteiger partial charge in [0.2, 0.25) is 0 Å². The molecule has 0 bridgehead atoms. The minimum absolute atomic E-state index is 0.0603. The zero-order valence-corrected chi connectivity index (χ0v) is 11.6. The summed E-state index contributed by atoms with van der Waals surface area (Å²) in [7, 11) is 0. The van der Waals surface area contributed by atoms with Gasteiger partial charge >= 0.3 is 5.97 Å². The van der Waals surface area contributed by atoms with E-state index in [1.807, 2.05) is 30.3 Å². The Bertz CT molecular complexity index is 664. The number of aromatic carboxylic acids is 1. The lowest BCUT2D eigenvalue weighted by molar-refractivity contribution is 0.0697. The van der Waals surface area contributed by atoms with Gasteiger partial charge in [-0.1, -0.05) is 24.3 Å². The first kappa shape index (κ1) is 13.6. The number of carboxylic acid groups (broad SMARTS) is 1. The SMILES string of the molecule is O=C(O)c1ccc2c(c1)CCN2Cc1ccc(CO)cc1. The first-order chi connectivity index (χ1) is 10.2. The van der Waals surface area contributed by atoms with E-state index in [1.165, 1.54) is 5.56 Å². The Morgan fingerprint density at radius 1 is 1.10 bits per heavy atom. The van der Waals surface area contributed by atoms with Crippen molar-refractivity contribution in [1.82, 2.24) is 0 Å². The summed E-state index contributed by atoms with van der Waals surface area (Å²) in [6.07, 6.45) is 0.880. The number of fused-ring (bicyclic) bond motifs is 1. The van der Waals surface area contributed by atoms with Crippen LogP contribution in [0.1, 0.15) is 27.0 Å². The highest BCUT2D eigenvalue weighted by Gasteiger charge is 2.20. The van der Waals surface area contributed by atoms with E-state index in [0.29, 0.717) is 5.56 Å². The third kappa shape index (κ3) is 2.76. The predicted octanol–water partition coefficient (Wildman–Crippen LogP) is 2.44. The van der Waals surface area contributed by atoms with E-state index in [0.717, 1.165) is 36.3 Å². The lowest BCUT2D eigenvalue weighted by atomic mass is 10.1. The molecule has 1 aliphatic rings. The second-order valence-electron chi connectivity index (χ2n) is 5.29. The monoisotopic (exact) mass is 283 g/mol. The minimum Gasteiger partial charge on any atom is -0.478 e. The lowest BCUT2D eigenvalue weighted by Gasteiger charge is -2.19. The molecular formula is C17H17NO3. The van der Waals surface area contributed by atoms with Gasteiger partial charge in [-0.25, -0.2) is 4.79 Å². The first-order valence-electron chi connectivity index (χ1n) is 6.97. The van der Waals surface area contributed by atoms with Crippen molar-refractivity contribution in [2.45, 2.75) is 19.6 Å². The van der Waals surface area contributed by atoms with Crippen LogP contribution in [-0.4, -0.2) is 22.7 Å². The summed E-state index contributed by atoms with van der Waals surface area (Å²) in [6.45, 7) is 1.76. The number of carbonyl (C=O) groups is 1. The van der Waals surface area contributed by atoms with Gasteiger partial charge in [-0.2, -0.15) is 0 Å². The van der Waals surface area contributed by atoms with Gasteiger partial charge in [0.1, 0.15) is 0 Å². The fraction of sp³-hybridized carbons (Fsp3) is 0.235. The van der Waals surface area contributed by atoms with Crippen LogP contribution in [0.5, 0.6) is 0 Å². The molecule has 4 heteroatoms. The van der Waals surface area contributed by atoms with Crippen molar-refractivity contribution >= 4 is 11.7 Å². The Hall–Kier alpha value is -2.33. The normalized spacial score (nSPS) is 13.3. The molecule has 0 fully saturated rings. The second-order valence-corrected chi connectivity index (χ2v) is 5.29. The second kappa shape index (κ2) is 5.58. The van der Waals surface area contributed by atoms with Crippen molar-refractivity contribution in [1.29, 1.82) is 0 Å². The molecule has 0 unspecified atom stereocenters. The van der Waals surface area contributed by atoms with Gasteiger partial charge in [-0.15, -0.1) is 0 Å². The maximum Gasteiger partial charge on any atom is 0.335 e. The van der Waals surface area contributed by atoms with Gasteiger partial charge < -0.3 is 15.1 Å². The molecule has 0 aliphatic carbocycles. The number of hydrogen-bond donors (Lipinski definition) is 2. The molecule has 0 saturated carbocycles. The molecule has 2 aromatic rings. The maximum absolute atomic E-state index is 11.0. The van der Waals surface area contributed by atoms with E-state index in [2.05, 4.69) is 4.90 Å². The summed E-state index contributed by atoms with van der Waals surface area (Å²) in [6, 6.07) is 13.2. The Kier molecular flexibility index (Phi) is 3.62. The molecule has 0 amide bonds. The molecular weight excluding hydrogens is 266 g/mol. The minimum atomic E-state index is -0.879. The van der Waals surface area contributed by atoms with Gasteiger partial charge in [0, 0.05) is 18.8 Å². The third-order valence-corrected chi connectivity index (χ3v) is 3.90. The average Bonchev–Trinajstić information content (AvgIpc) is 2.90. The Balaban J connectivity index is 1.79. The van der Waals surface area contributed by atoms with Crippen molar-refractivity contribution in [3.8, 4) is 0 Å². The van der Waals surface area contributed by atoms with Crippen molar-refractivity contribution < 1.29 is 15.0 Å². The summed E-state index contributed by atoms with van der Waals surface area (Å²) in [4.78, 5) is 13.3. The zero-order chi connectivity index (χ0) is 14.8. The number of rotatable bonds is 4. The van der Waals surface area contributed by atoms with Gasteiger partial charge in [0.25, 0.3) is 0 Å². The molecule has 21 heavy (non-hydrogen) atoms. The Morgan fingerprint density at radius 2 is 1.81 bits per heavy atom. The Morgan fingerprint density at radius 3 is 2.48 bits per heavy atom. The van der Waals surface area contributed by atoms with E-state index >= 15 is 0 Å². The van der Waals surface area contributed by atoms with Crippen LogP contribution in [-0.2, 0) is 19.6 Å². The Labute approximate surface area is 123 Å². The first-order valence-corrected chi connectivity index (χ1v) is 6.97. The smallest absolute Gasteiger partial charge is 0.335 e. The van der Waals surface area contributed by atoms with E-state index in [-0.39, 0.29) is 6.61 Å². The number of carboxylic acids is 1. The number of nitrogens with zero attached hydrogens (tertiary/aromatic N) is 1. The van der Waals surface area contributed by atoms with E-state index in [4.69, 9.17) is 10.2 Å². The van der Waals surface area contributed by atoms with Crippen molar-refractivity contribution in [2.24, 2.45) is 0 Å². The highest BCUT2D eigenvalue weighted by Crippen LogP contribution is 2.30. The van der Waals surface area contributed by atoms with Gasteiger partial charge in [-0.3, -0.25) is 0 Å². The predicted molar refractivity (Wildman–Crippen MR) is 80.5 cm³/mol. The number of anilines is 1. The van der Waals surface area contributed by atoms with Crippen molar-refractivity contribution in [3.63, 3.8) is 0 Å². The van der Waals surface area contributed by atoms with E-state index in [9.17, 15) is 4.79 Å². The highest BCUT2D eigenvalue weighted by atomic mass is 16.4. The molecule has 3 rings (SSSR count). The molecule has 0 saturated heterocycles. The standard InChI is InChI=1S/C17H17NO3/c19-11-13-3-1-12(2-4-13)10-18-8-7-14-9-15(17(20)21)5-6-16(14)18/h1-6,9,19H,7-8,10-11H2,(H,20,21). The summed E-state index contributed by atoms with van der Waals surface area (Å²) in [5.41, 5.74) is 4.66. The van der Waals surface area contributed by atoms with E-state index < -0.39 is 5.97 Å². The molecule has 0 aromatic heterocycles. The van der Waals surface area contributed by atoms with Crippen molar-refractivity contribution in [2.75, 3.05) is 11.4 Å². The molecule has 108 valence electrons. The summed E-state index contributed by atoms with van der Waals surface area (Å²) < 4.78 is 0. The molecule has 0 radical (unpaired) electrons. The van der Waals surface area contributed by atoms with Crippen LogP contribution in [0.4, 0.5) is 5.69 Å². The van der Waals surface area contributed by atoms with E-state index in [1.54, 1.807) is 12.1 Å². The summed E-state index contributed by atoms with van der Waals surface area (Å²) >= 11 is 0. The molecule has 1 aliphatic heterocycles. The molecule has 0 spiro atoms. The number of aliphatic hydroxyl groups excluding tert-OH is 1. The van der Waals surface area contributed by atoms with Crippen LogP contribution in [0.25, 0.3) is 0 Å². The maximum atomic E-state index is 11.0. The van der Waals surface area contributed by atoms with Crippen molar-refractivity contribution in [3.05, 3.63) is 64.7 Å². The fourth-order valence-corrected chi connectivity index (χ4v) is 2.74. The van der Waals surface area contributed by atoms with Crippen LogP contribution in [0.2, 0.25) is 0 Å². The highest BCUT2D eigenvalue weighted by molar-refractivity contribution is 5.88. The lowest BCUT2D eigenvalue weighted by Crippen LogP contribution is -2.19. The summed E-state index contributed by atoms with van der Waals surface area (Å²) in [5.74, 6) is -0.879. The van der Waals surface area contributed by atoms with Crippen LogP contribution in [0, 0.1) is 0 Å². The van der Waals surface area contributed by atoms with Crippen LogP contribution in [0.3, 0.4) is 0 Å². The number of hydrogen-bond acceptors (Lipinski definition) is 3. The number of benzene rings is 2. The fourth-order valence-electron chi connectivity index (χ4n) is 2.74. The van der Waals surface area contributed by atoms with Gasteiger partial charge in [-0.05, 0) is 41.3 Å². The molecule has 2 N–H and O–H groups in total. The van der Waals surface area contributed by atoms with Crippen LogP contribution < -0.4 is 4.90 Å². The summed E-state index contributed by atoms with van der Waals surface area (Å²) in [5, 5.41) is 18.1. The van der Waals surface area contributed by atoms with Gasteiger partial charge in [0.15, 0.2) is 0 Å². The average molecular weight is 283 g/mol. The van der Waals surface area contributed by atoms with Crippen LogP contribution in [0.15, 0.2) is 42.5 Å². The third-order valence-electron chi connectivity index (χ3n) is 3.90. The molecule has 4 nitrogen and oxygen atoms in total. The molecule has 2 aromatic carbocycles. The molecule has 1 heterocycles. The van der Waals surface area contributed by atoms with Crippen LogP contribution >= 0.6 is 0 Å².